The molecule has 1 aliphatic heterocycles. The average Bonchev–Trinajstić information content (AvgIpc) is 2.89. The fourth-order valence-corrected chi connectivity index (χ4v) is 3.58. The van der Waals surface area contributed by atoms with E-state index < -0.39 is 6.10 Å². The number of hydrogen-bond acceptors (Lipinski definition) is 5. The summed E-state index contributed by atoms with van der Waals surface area (Å²) in [6.45, 7) is 6.20. The molecule has 1 aromatic carbocycles. The summed E-state index contributed by atoms with van der Waals surface area (Å²) in [4.78, 5) is 4.46. The predicted molar refractivity (Wildman–Crippen MR) is 77.9 cm³/mol. The van der Waals surface area contributed by atoms with Crippen LogP contribution in [-0.2, 0) is 0 Å². The third-order valence-electron chi connectivity index (χ3n) is 3.12. The Labute approximate surface area is 123 Å². The maximum absolute atomic E-state index is 10.5. The number of aromatic nitrogens is 1. The molecule has 1 unspecified atom stereocenters. The van der Waals surface area contributed by atoms with Crippen LogP contribution >= 0.6 is 27.3 Å². The van der Waals surface area contributed by atoms with Crippen LogP contribution in [0.1, 0.15) is 32.4 Å². The molecule has 2 aromatic rings. The summed E-state index contributed by atoms with van der Waals surface area (Å²) in [6, 6.07) is 1.84. The molecule has 0 bridgehead atoms. The van der Waals surface area contributed by atoms with Crippen LogP contribution < -0.4 is 9.47 Å². The quantitative estimate of drug-likeness (QED) is 0.853. The highest BCUT2D eigenvalue weighted by molar-refractivity contribution is 9.11. The maximum Gasteiger partial charge on any atom is 0.231 e. The third kappa shape index (κ3) is 2.11. The standard InChI is InChI=1S/C13H14BrNO3S/c1-13(2,3)11(16)6-4-7-9(18-5-17-7)10-8(6)15-12(14)19-10/h4,11,16H,5H2,1-3H3. The fourth-order valence-electron chi connectivity index (χ4n) is 2.10. The van der Waals surface area contributed by atoms with E-state index in [0.717, 1.165) is 25.4 Å². The van der Waals surface area contributed by atoms with E-state index in [2.05, 4.69) is 20.9 Å². The topological polar surface area (TPSA) is 51.6 Å². The van der Waals surface area contributed by atoms with Crippen LogP contribution in [0, 0.1) is 5.41 Å². The first-order valence-electron chi connectivity index (χ1n) is 5.94. The number of nitrogens with zero attached hydrogens (tertiary/aromatic N) is 1. The molecule has 19 heavy (non-hydrogen) atoms. The Hall–Kier alpha value is -0.850. The molecular weight excluding hydrogens is 330 g/mol. The Balaban J connectivity index is 2.28. The number of thiazole rings is 1. The van der Waals surface area contributed by atoms with Gasteiger partial charge in [0, 0.05) is 5.56 Å². The van der Waals surface area contributed by atoms with E-state index in [-0.39, 0.29) is 12.2 Å². The van der Waals surface area contributed by atoms with Crippen molar-refractivity contribution in [2.45, 2.75) is 26.9 Å². The van der Waals surface area contributed by atoms with Crippen molar-refractivity contribution >= 4 is 37.5 Å². The Bertz CT molecular complexity index is 647. The highest BCUT2D eigenvalue weighted by atomic mass is 79.9. The van der Waals surface area contributed by atoms with Crippen LogP contribution in [0.2, 0.25) is 0 Å². The molecule has 0 aliphatic carbocycles. The van der Waals surface area contributed by atoms with Gasteiger partial charge in [0.15, 0.2) is 15.4 Å². The summed E-state index contributed by atoms with van der Waals surface area (Å²) >= 11 is 4.89. The Kier molecular flexibility index (Phi) is 2.99. The van der Waals surface area contributed by atoms with Crippen molar-refractivity contribution in [1.82, 2.24) is 4.98 Å². The molecule has 1 aromatic heterocycles. The molecule has 3 rings (SSSR count). The number of hydrogen-bond donors (Lipinski definition) is 1. The van der Waals surface area contributed by atoms with E-state index in [9.17, 15) is 5.11 Å². The molecule has 0 spiro atoms. The molecule has 1 atom stereocenters. The second-order valence-corrected chi connectivity index (χ2v) is 7.89. The van der Waals surface area contributed by atoms with Crippen molar-refractivity contribution in [1.29, 1.82) is 0 Å². The SMILES string of the molecule is CC(C)(C)C(O)c1cc2c(c3sc(Br)nc13)OCO2. The zero-order chi connectivity index (χ0) is 13.8. The molecule has 0 saturated heterocycles. The summed E-state index contributed by atoms with van der Waals surface area (Å²) < 4.78 is 12.6. The van der Waals surface area contributed by atoms with Crippen LogP contribution in [0.25, 0.3) is 10.2 Å². The number of fused-ring (bicyclic) bond motifs is 3. The summed E-state index contributed by atoms with van der Waals surface area (Å²) in [5.41, 5.74) is 1.30. The van der Waals surface area contributed by atoms with Crippen molar-refractivity contribution < 1.29 is 14.6 Å². The normalized spacial score (nSPS) is 16.1. The number of rotatable bonds is 1. The summed E-state index contributed by atoms with van der Waals surface area (Å²) in [6.07, 6.45) is -0.613. The molecule has 0 amide bonds. The zero-order valence-corrected chi connectivity index (χ0v) is 13.3. The van der Waals surface area contributed by atoms with Gasteiger partial charge in [-0.3, -0.25) is 0 Å². The van der Waals surface area contributed by atoms with E-state index in [4.69, 9.17) is 9.47 Å². The predicted octanol–water partition coefficient (Wildman–Crippen LogP) is 3.87. The van der Waals surface area contributed by atoms with Gasteiger partial charge in [0.25, 0.3) is 0 Å². The van der Waals surface area contributed by atoms with Crippen molar-refractivity contribution in [3.05, 3.63) is 15.5 Å². The number of ether oxygens (including phenoxy) is 2. The lowest BCUT2D eigenvalue weighted by molar-refractivity contribution is 0.0636. The third-order valence-corrected chi connectivity index (χ3v) is 4.63. The second-order valence-electron chi connectivity index (χ2n) is 5.61. The van der Waals surface area contributed by atoms with Crippen LogP contribution in [-0.4, -0.2) is 16.9 Å². The highest BCUT2D eigenvalue weighted by Gasteiger charge is 2.30. The minimum Gasteiger partial charge on any atom is -0.454 e. The van der Waals surface area contributed by atoms with Gasteiger partial charge in [0.2, 0.25) is 6.79 Å². The minimum atomic E-state index is -0.613. The smallest absolute Gasteiger partial charge is 0.231 e. The number of aliphatic hydroxyl groups is 1. The molecule has 4 nitrogen and oxygen atoms in total. The minimum absolute atomic E-state index is 0.217. The molecule has 1 aliphatic rings. The molecule has 1 N–H and O–H groups in total. The van der Waals surface area contributed by atoms with Gasteiger partial charge < -0.3 is 14.6 Å². The first-order valence-corrected chi connectivity index (χ1v) is 7.55. The maximum atomic E-state index is 10.5. The van der Waals surface area contributed by atoms with Crippen LogP contribution in [0.15, 0.2) is 9.98 Å². The van der Waals surface area contributed by atoms with Gasteiger partial charge in [-0.1, -0.05) is 20.8 Å². The van der Waals surface area contributed by atoms with Gasteiger partial charge >= 0.3 is 0 Å². The van der Waals surface area contributed by atoms with Crippen molar-refractivity contribution in [2.24, 2.45) is 5.41 Å². The lowest BCUT2D eigenvalue weighted by Gasteiger charge is -2.26. The Morgan fingerprint density at radius 1 is 1.42 bits per heavy atom. The lowest BCUT2D eigenvalue weighted by Crippen LogP contribution is -2.18. The van der Waals surface area contributed by atoms with Crippen molar-refractivity contribution in [2.75, 3.05) is 6.79 Å². The Morgan fingerprint density at radius 3 is 2.84 bits per heavy atom. The van der Waals surface area contributed by atoms with Gasteiger partial charge in [-0.05, 0) is 27.4 Å². The monoisotopic (exact) mass is 343 g/mol. The largest absolute Gasteiger partial charge is 0.454 e. The second kappa shape index (κ2) is 4.33. The molecule has 0 radical (unpaired) electrons. The van der Waals surface area contributed by atoms with Crippen LogP contribution in [0.4, 0.5) is 0 Å². The van der Waals surface area contributed by atoms with E-state index in [0.29, 0.717) is 5.75 Å². The average molecular weight is 344 g/mol. The first-order chi connectivity index (χ1) is 8.88. The molecule has 6 heteroatoms. The van der Waals surface area contributed by atoms with Crippen molar-refractivity contribution in [3.63, 3.8) is 0 Å². The van der Waals surface area contributed by atoms with Gasteiger partial charge in [-0.25, -0.2) is 4.98 Å². The number of benzene rings is 1. The van der Waals surface area contributed by atoms with Gasteiger partial charge in [0.1, 0.15) is 4.70 Å². The van der Waals surface area contributed by atoms with Gasteiger partial charge in [-0.2, -0.15) is 0 Å². The van der Waals surface area contributed by atoms with E-state index in [1.54, 1.807) is 0 Å². The molecule has 102 valence electrons. The molecule has 0 saturated carbocycles. The van der Waals surface area contributed by atoms with E-state index in [1.165, 1.54) is 11.3 Å². The molecule has 0 fully saturated rings. The van der Waals surface area contributed by atoms with E-state index >= 15 is 0 Å². The molecular formula is C13H14BrNO3S. The van der Waals surface area contributed by atoms with E-state index in [1.807, 2.05) is 26.8 Å². The summed E-state index contributed by atoms with van der Waals surface area (Å²) in [5, 5.41) is 10.5. The fraction of sp³-hybridized carbons (Fsp3) is 0.462. The summed E-state index contributed by atoms with van der Waals surface area (Å²) in [5.74, 6) is 1.41. The van der Waals surface area contributed by atoms with Crippen LogP contribution in [0.5, 0.6) is 11.5 Å². The Morgan fingerprint density at radius 2 is 2.16 bits per heavy atom. The first kappa shape index (κ1) is 13.1. The number of halogens is 1. The van der Waals surface area contributed by atoms with Gasteiger partial charge in [-0.15, -0.1) is 11.3 Å². The van der Waals surface area contributed by atoms with Gasteiger partial charge in [0.05, 0.1) is 11.6 Å². The van der Waals surface area contributed by atoms with Crippen LogP contribution in [0.3, 0.4) is 0 Å². The number of aliphatic hydroxyl groups excluding tert-OH is 1. The molecule has 2 heterocycles. The highest BCUT2D eigenvalue weighted by Crippen LogP contribution is 2.48. The summed E-state index contributed by atoms with van der Waals surface area (Å²) in [7, 11) is 0. The zero-order valence-electron chi connectivity index (χ0n) is 10.9. The van der Waals surface area contributed by atoms with Crippen molar-refractivity contribution in [3.8, 4) is 11.5 Å². The lowest BCUT2D eigenvalue weighted by atomic mass is 9.84.